The van der Waals surface area contributed by atoms with Crippen LogP contribution in [0.4, 0.5) is 10.5 Å². The van der Waals surface area contributed by atoms with E-state index in [2.05, 4.69) is 20.7 Å². The van der Waals surface area contributed by atoms with Gasteiger partial charge in [-0.2, -0.15) is 5.10 Å². The van der Waals surface area contributed by atoms with Gasteiger partial charge in [-0.15, -0.1) is 0 Å². The lowest BCUT2D eigenvalue weighted by molar-refractivity contribution is 0.0952. The van der Waals surface area contributed by atoms with Gasteiger partial charge >= 0.3 is 6.03 Å². The van der Waals surface area contributed by atoms with Crippen molar-refractivity contribution in [2.45, 2.75) is 26.3 Å². The van der Waals surface area contributed by atoms with Gasteiger partial charge in [0.2, 0.25) is 0 Å². The Hall–Kier alpha value is -4.14. The number of amides is 3. The average Bonchev–Trinajstić information content (AvgIpc) is 3.60. The number of rotatable bonds is 5. The predicted molar refractivity (Wildman–Crippen MR) is 128 cm³/mol. The normalized spacial score (nSPS) is 13.4. The number of urea groups is 1. The fraction of sp³-hybridized carbons (Fsp3) is 0.280. The molecule has 2 N–H and O–H groups in total. The predicted octanol–water partition coefficient (Wildman–Crippen LogP) is 4.09. The lowest BCUT2D eigenvalue weighted by Crippen LogP contribution is -2.32. The third-order valence-electron chi connectivity index (χ3n) is 6.01. The Morgan fingerprint density at radius 3 is 2.71 bits per heavy atom. The molecule has 1 aliphatic rings. The third kappa shape index (κ3) is 4.24. The van der Waals surface area contributed by atoms with Crippen molar-refractivity contribution < 1.29 is 14.0 Å². The Bertz CT molecular complexity index is 1350. The first-order valence-electron chi connectivity index (χ1n) is 11.3. The molecule has 9 nitrogen and oxygen atoms in total. The van der Waals surface area contributed by atoms with E-state index in [4.69, 9.17) is 4.42 Å². The van der Waals surface area contributed by atoms with Gasteiger partial charge in [-0.3, -0.25) is 9.48 Å². The standard InChI is InChI=1S/C25H26N6O3/c1-16-22-19(14-20(21-9-6-12-34-21)28-23(22)30(2)29-16)24(32)26-15-17-7-5-8-18(13-17)27-25(33)31-10-3-4-11-31/h5-9,12-14H,3-4,10-11,15H2,1-2H3,(H,26,32)(H,27,33). The molecule has 0 aliphatic carbocycles. The highest BCUT2D eigenvalue weighted by Gasteiger charge is 2.20. The molecule has 3 amide bonds. The van der Waals surface area contributed by atoms with Gasteiger partial charge in [0.05, 0.1) is 22.9 Å². The first kappa shape index (κ1) is 21.7. The molecule has 0 bridgehead atoms. The van der Waals surface area contributed by atoms with Crippen LogP contribution in [0.1, 0.15) is 34.5 Å². The molecule has 0 unspecified atom stereocenters. The zero-order valence-electron chi connectivity index (χ0n) is 19.2. The zero-order valence-corrected chi connectivity index (χ0v) is 19.2. The van der Waals surface area contributed by atoms with Crippen molar-refractivity contribution in [2.24, 2.45) is 7.05 Å². The van der Waals surface area contributed by atoms with E-state index in [0.29, 0.717) is 40.3 Å². The Kier molecular flexibility index (Phi) is 5.75. The second-order valence-corrected chi connectivity index (χ2v) is 8.45. The van der Waals surface area contributed by atoms with E-state index < -0.39 is 0 Å². The van der Waals surface area contributed by atoms with Crippen LogP contribution in [0.2, 0.25) is 0 Å². The summed E-state index contributed by atoms with van der Waals surface area (Å²) >= 11 is 0. The van der Waals surface area contributed by atoms with Crippen molar-refractivity contribution in [3.63, 3.8) is 0 Å². The van der Waals surface area contributed by atoms with E-state index in [1.54, 1.807) is 36.2 Å². The Morgan fingerprint density at radius 1 is 1.12 bits per heavy atom. The molecule has 0 atom stereocenters. The van der Waals surface area contributed by atoms with Gasteiger partial charge in [-0.1, -0.05) is 12.1 Å². The number of likely N-dealkylation sites (tertiary alicyclic amines) is 1. The lowest BCUT2D eigenvalue weighted by Gasteiger charge is -2.16. The summed E-state index contributed by atoms with van der Waals surface area (Å²) in [6.07, 6.45) is 3.66. The molecule has 34 heavy (non-hydrogen) atoms. The van der Waals surface area contributed by atoms with Gasteiger partial charge in [0, 0.05) is 32.4 Å². The maximum Gasteiger partial charge on any atom is 0.321 e. The highest BCUT2D eigenvalue weighted by molar-refractivity contribution is 6.07. The first-order chi connectivity index (χ1) is 16.5. The summed E-state index contributed by atoms with van der Waals surface area (Å²) in [5.74, 6) is 0.346. The molecule has 174 valence electrons. The minimum atomic E-state index is -0.234. The fourth-order valence-electron chi connectivity index (χ4n) is 4.33. The molecule has 1 saturated heterocycles. The maximum absolute atomic E-state index is 13.3. The van der Waals surface area contributed by atoms with Crippen molar-refractivity contribution in [3.8, 4) is 11.5 Å². The number of benzene rings is 1. The Morgan fingerprint density at radius 2 is 1.94 bits per heavy atom. The molecule has 0 radical (unpaired) electrons. The zero-order chi connectivity index (χ0) is 23.7. The maximum atomic E-state index is 13.3. The van der Waals surface area contributed by atoms with Gasteiger partial charge in [0.25, 0.3) is 5.91 Å². The summed E-state index contributed by atoms with van der Waals surface area (Å²) in [5.41, 5.74) is 3.99. The quantitative estimate of drug-likeness (QED) is 0.469. The highest BCUT2D eigenvalue weighted by Crippen LogP contribution is 2.27. The molecule has 4 heterocycles. The third-order valence-corrected chi connectivity index (χ3v) is 6.01. The van der Waals surface area contributed by atoms with Crippen LogP contribution in [0.3, 0.4) is 0 Å². The number of pyridine rings is 1. The molecule has 0 spiro atoms. The van der Waals surface area contributed by atoms with Gasteiger partial charge in [0.1, 0.15) is 5.69 Å². The van der Waals surface area contributed by atoms with E-state index in [9.17, 15) is 9.59 Å². The first-order valence-corrected chi connectivity index (χ1v) is 11.3. The van der Waals surface area contributed by atoms with Crippen LogP contribution in [-0.4, -0.2) is 44.7 Å². The molecule has 0 saturated carbocycles. The Balaban J connectivity index is 1.36. The van der Waals surface area contributed by atoms with E-state index in [-0.39, 0.29) is 11.9 Å². The van der Waals surface area contributed by atoms with Crippen molar-refractivity contribution >= 4 is 28.7 Å². The van der Waals surface area contributed by atoms with Crippen LogP contribution in [0.15, 0.2) is 53.1 Å². The second-order valence-electron chi connectivity index (χ2n) is 8.45. The highest BCUT2D eigenvalue weighted by atomic mass is 16.3. The number of carbonyl (C=O) groups excluding carboxylic acids is 2. The summed E-state index contributed by atoms with van der Waals surface area (Å²) in [6.45, 7) is 3.75. The van der Waals surface area contributed by atoms with Crippen LogP contribution in [0, 0.1) is 6.92 Å². The number of carbonyl (C=O) groups is 2. The SMILES string of the molecule is Cc1nn(C)c2nc(-c3ccco3)cc(C(=O)NCc3cccc(NC(=O)N4CCCC4)c3)c12. The van der Waals surface area contributed by atoms with Crippen LogP contribution >= 0.6 is 0 Å². The topological polar surface area (TPSA) is 105 Å². The number of nitrogens with zero attached hydrogens (tertiary/aromatic N) is 4. The minimum Gasteiger partial charge on any atom is -0.463 e. The summed E-state index contributed by atoms with van der Waals surface area (Å²) < 4.78 is 7.17. The molecule has 5 rings (SSSR count). The number of nitrogens with one attached hydrogen (secondary N) is 2. The fourth-order valence-corrected chi connectivity index (χ4v) is 4.33. The number of aromatic nitrogens is 3. The van der Waals surface area contributed by atoms with Crippen molar-refractivity contribution in [3.05, 3.63) is 65.5 Å². The van der Waals surface area contributed by atoms with Crippen molar-refractivity contribution in [2.75, 3.05) is 18.4 Å². The minimum absolute atomic E-state index is 0.0876. The van der Waals surface area contributed by atoms with Crippen molar-refractivity contribution in [1.29, 1.82) is 0 Å². The smallest absolute Gasteiger partial charge is 0.321 e. The van der Waals surface area contributed by atoms with Crippen LogP contribution in [0.5, 0.6) is 0 Å². The van der Waals surface area contributed by atoms with E-state index in [1.807, 2.05) is 36.1 Å². The van der Waals surface area contributed by atoms with Crippen LogP contribution < -0.4 is 10.6 Å². The van der Waals surface area contributed by atoms with Crippen LogP contribution in [-0.2, 0) is 13.6 Å². The van der Waals surface area contributed by atoms with Gasteiger partial charge in [-0.25, -0.2) is 9.78 Å². The molecular weight excluding hydrogens is 432 g/mol. The van der Waals surface area contributed by atoms with E-state index in [0.717, 1.165) is 37.2 Å². The summed E-state index contributed by atoms with van der Waals surface area (Å²) in [6, 6.07) is 12.7. The molecule has 1 aromatic carbocycles. The number of hydrogen-bond acceptors (Lipinski definition) is 5. The number of aryl methyl sites for hydroxylation is 2. The van der Waals surface area contributed by atoms with E-state index in [1.165, 1.54) is 0 Å². The largest absolute Gasteiger partial charge is 0.463 e. The lowest BCUT2D eigenvalue weighted by atomic mass is 10.1. The Labute approximate surface area is 196 Å². The van der Waals surface area contributed by atoms with E-state index >= 15 is 0 Å². The molecule has 4 aromatic rings. The summed E-state index contributed by atoms with van der Waals surface area (Å²) in [4.78, 5) is 32.1. The van der Waals surface area contributed by atoms with Gasteiger partial charge < -0.3 is 20.0 Å². The number of hydrogen-bond donors (Lipinski definition) is 2. The molecule has 9 heteroatoms. The molecule has 1 aliphatic heterocycles. The van der Waals surface area contributed by atoms with Gasteiger partial charge in [0.15, 0.2) is 11.4 Å². The van der Waals surface area contributed by atoms with Crippen molar-refractivity contribution in [1.82, 2.24) is 25.0 Å². The monoisotopic (exact) mass is 458 g/mol. The summed E-state index contributed by atoms with van der Waals surface area (Å²) in [5, 5.41) is 11.1. The van der Waals surface area contributed by atoms with Crippen LogP contribution in [0.25, 0.3) is 22.5 Å². The molecule has 1 fully saturated rings. The molecule has 3 aromatic heterocycles. The molecular formula is C25H26N6O3. The average molecular weight is 459 g/mol. The summed E-state index contributed by atoms with van der Waals surface area (Å²) in [7, 11) is 1.80. The second kappa shape index (κ2) is 9.01. The van der Waals surface area contributed by atoms with Gasteiger partial charge in [-0.05, 0) is 55.7 Å². The number of furan rings is 1. The number of anilines is 1. The number of fused-ring (bicyclic) bond motifs is 1.